The first kappa shape index (κ1) is 36.0. The summed E-state index contributed by atoms with van der Waals surface area (Å²) in [6, 6.07) is 17.2. The van der Waals surface area contributed by atoms with Gasteiger partial charge in [-0.15, -0.1) is 0 Å². The molecule has 6 aromatic heterocycles. The molecule has 53 heavy (non-hydrogen) atoms. The van der Waals surface area contributed by atoms with Crippen molar-refractivity contribution >= 4 is 11.6 Å². The summed E-state index contributed by atoms with van der Waals surface area (Å²) in [4.78, 5) is 18.8. The third-order valence-corrected chi connectivity index (χ3v) is 9.89. The van der Waals surface area contributed by atoms with Gasteiger partial charge >= 0.3 is 0 Å². The third kappa shape index (κ3) is 8.32. The number of nitrogens with zero attached hydrogens (tertiary/aromatic N) is 8. The molecular weight excluding hydrogens is 657 g/mol. The largest absolute Gasteiger partial charge is 0.370 e. The Morgan fingerprint density at radius 3 is 1.60 bits per heavy atom. The Morgan fingerprint density at radius 2 is 1.17 bits per heavy atom. The molecule has 1 aliphatic rings. The van der Waals surface area contributed by atoms with Gasteiger partial charge in [0.05, 0.1) is 22.8 Å². The molecule has 1 saturated carbocycles. The first-order chi connectivity index (χ1) is 25.8. The maximum Gasteiger partial charge on any atom is 0.126 e. The maximum absolute atomic E-state index is 5.31. The van der Waals surface area contributed by atoms with E-state index < -0.39 is 0 Å². The molecule has 10 nitrogen and oxygen atoms in total. The highest BCUT2D eigenvalue weighted by Crippen LogP contribution is 2.34. The van der Waals surface area contributed by atoms with Crippen LogP contribution in [0.2, 0.25) is 0 Å². The van der Waals surface area contributed by atoms with Gasteiger partial charge in [-0.2, -0.15) is 10.2 Å². The number of hydrogen-bond donors (Lipinski definition) is 2. The lowest BCUT2D eigenvalue weighted by molar-refractivity contribution is 0.768. The van der Waals surface area contributed by atoms with Gasteiger partial charge < -0.3 is 10.6 Å². The Hall–Kier alpha value is -5.38. The van der Waals surface area contributed by atoms with Crippen molar-refractivity contribution in [3.8, 4) is 33.6 Å². The molecule has 0 radical (unpaired) electrons. The van der Waals surface area contributed by atoms with Crippen molar-refractivity contribution in [3.05, 3.63) is 107 Å². The summed E-state index contributed by atoms with van der Waals surface area (Å²) in [7, 11) is 0. The Labute approximate surface area is 313 Å². The summed E-state index contributed by atoms with van der Waals surface area (Å²) in [6.45, 7) is 13.9. The van der Waals surface area contributed by atoms with Crippen molar-refractivity contribution in [2.75, 3.05) is 17.2 Å². The smallest absolute Gasteiger partial charge is 0.126 e. The number of nitrogens with one attached hydrogen (secondary N) is 2. The molecule has 0 aliphatic heterocycles. The van der Waals surface area contributed by atoms with Crippen LogP contribution in [0, 0.1) is 19.8 Å². The first-order valence-corrected chi connectivity index (χ1v) is 19.3. The summed E-state index contributed by atoms with van der Waals surface area (Å²) >= 11 is 0. The van der Waals surface area contributed by atoms with Gasteiger partial charge in [0, 0.05) is 82.4 Å². The average Bonchev–Trinajstić information content (AvgIpc) is 3.85. The van der Waals surface area contributed by atoms with Crippen LogP contribution in [0.4, 0.5) is 11.6 Å². The Morgan fingerprint density at radius 1 is 0.660 bits per heavy atom. The second-order valence-electron chi connectivity index (χ2n) is 14.6. The molecule has 274 valence electrons. The number of aryl methyl sites for hydroxylation is 4. The van der Waals surface area contributed by atoms with Crippen molar-refractivity contribution in [1.82, 2.24) is 39.5 Å². The van der Waals surface area contributed by atoms with E-state index in [4.69, 9.17) is 20.2 Å². The molecule has 0 spiro atoms. The third-order valence-electron chi connectivity index (χ3n) is 9.89. The van der Waals surface area contributed by atoms with Gasteiger partial charge in [-0.1, -0.05) is 26.7 Å². The van der Waals surface area contributed by atoms with E-state index >= 15 is 0 Å². The van der Waals surface area contributed by atoms with Crippen LogP contribution in [0.25, 0.3) is 33.6 Å². The molecule has 10 heteroatoms. The second kappa shape index (κ2) is 16.1. The zero-order valence-corrected chi connectivity index (χ0v) is 32.0. The quantitative estimate of drug-likeness (QED) is 0.103. The molecule has 1 fully saturated rings. The highest BCUT2D eigenvalue weighted by molar-refractivity contribution is 5.72. The fraction of sp³-hybridized carbons (Fsp3) is 0.395. The molecule has 0 unspecified atom stereocenters. The van der Waals surface area contributed by atoms with Crippen molar-refractivity contribution in [1.29, 1.82) is 0 Å². The maximum atomic E-state index is 5.31. The zero-order chi connectivity index (χ0) is 36.9. The minimum atomic E-state index is 0.297. The van der Waals surface area contributed by atoms with E-state index in [1.807, 2.05) is 36.9 Å². The summed E-state index contributed by atoms with van der Waals surface area (Å²) in [5.74, 6) is 2.55. The Balaban J connectivity index is 1.28. The predicted octanol–water partition coefficient (Wildman–Crippen LogP) is 8.92. The van der Waals surface area contributed by atoms with Crippen LogP contribution >= 0.6 is 0 Å². The van der Waals surface area contributed by atoms with E-state index in [1.165, 1.54) is 12.8 Å². The number of pyridine rings is 4. The summed E-state index contributed by atoms with van der Waals surface area (Å²) in [5.41, 5.74) is 12.7. The second-order valence-corrected chi connectivity index (χ2v) is 14.6. The molecule has 1 aliphatic carbocycles. The van der Waals surface area contributed by atoms with Crippen LogP contribution in [0.1, 0.15) is 87.5 Å². The summed E-state index contributed by atoms with van der Waals surface area (Å²) < 4.78 is 4.15. The monoisotopic (exact) mass is 708 g/mol. The van der Waals surface area contributed by atoms with E-state index in [-0.39, 0.29) is 0 Å². The molecule has 0 bridgehead atoms. The van der Waals surface area contributed by atoms with E-state index in [0.717, 1.165) is 118 Å². The lowest BCUT2D eigenvalue weighted by atomic mass is 9.98. The summed E-state index contributed by atoms with van der Waals surface area (Å²) in [6.07, 6.45) is 15.7. The van der Waals surface area contributed by atoms with E-state index in [9.17, 15) is 0 Å². The van der Waals surface area contributed by atoms with Crippen LogP contribution in [0.5, 0.6) is 0 Å². The molecule has 0 amide bonds. The SMILES string of the molecule is CCCc1cc(-n2nc(CCc3nn(-c4ccnc(CCC)c4)c(C)c3-c3ccc(NC(C)C)nc3)c(-c3ccc(NCC4CC4)nc3)c2C)ccn1. The number of aromatic nitrogens is 8. The van der Waals surface area contributed by atoms with Crippen LogP contribution in [-0.2, 0) is 25.7 Å². The standard InChI is InChI=1S/C43H52N10/c1-7-9-34-23-36(19-21-44-34)52-29(5)42(32-13-17-40(47-26-32)46-25-31-11-12-31)38(50-52)15-16-39-43(33-14-18-41(48-27-33)49-28(3)4)30(6)53(51-39)37-20-22-45-35(24-37)10-8-2/h13-14,17-24,26-28,31H,7-12,15-16,25H2,1-6H3,(H,46,47)(H,48,49). The van der Waals surface area contributed by atoms with Crippen LogP contribution in [-0.4, -0.2) is 52.1 Å². The topological polar surface area (TPSA) is 111 Å². The molecule has 6 aromatic rings. The van der Waals surface area contributed by atoms with Gasteiger partial charge in [-0.05, 0) is 121 Å². The fourth-order valence-electron chi connectivity index (χ4n) is 7.08. The van der Waals surface area contributed by atoms with Crippen molar-refractivity contribution in [2.24, 2.45) is 5.92 Å². The van der Waals surface area contributed by atoms with Crippen LogP contribution < -0.4 is 10.6 Å². The van der Waals surface area contributed by atoms with Gasteiger partial charge in [0.1, 0.15) is 11.6 Å². The van der Waals surface area contributed by atoms with Gasteiger partial charge in [0.15, 0.2) is 0 Å². The molecular formula is C43H52N10. The molecule has 7 rings (SSSR count). The normalized spacial score (nSPS) is 12.8. The van der Waals surface area contributed by atoms with E-state index in [2.05, 4.69) is 108 Å². The molecule has 0 atom stereocenters. The van der Waals surface area contributed by atoms with Gasteiger partial charge in [-0.25, -0.2) is 19.3 Å². The molecule has 0 saturated heterocycles. The van der Waals surface area contributed by atoms with E-state index in [0.29, 0.717) is 18.9 Å². The lowest BCUT2D eigenvalue weighted by Crippen LogP contribution is -2.10. The van der Waals surface area contributed by atoms with Crippen molar-refractivity contribution < 1.29 is 0 Å². The van der Waals surface area contributed by atoms with Crippen molar-refractivity contribution in [2.45, 2.75) is 99.0 Å². The van der Waals surface area contributed by atoms with Gasteiger partial charge in [-0.3, -0.25) is 9.97 Å². The minimum absolute atomic E-state index is 0.297. The lowest BCUT2D eigenvalue weighted by Gasteiger charge is -2.10. The highest BCUT2D eigenvalue weighted by Gasteiger charge is 2.23. The van der Waals surface area contributed by atoms with Crippen molar-refractivity contribution in [3.63, 3.8) is 0 Å². The van der Waals surface area contributed by atoms with Crippen LogP contribution in [0.3, 0.4) is 0 Å². The molecule has 0 aromatic carbocycles. The first-order valence-electron chi connectivity index (χ1n) is 19.3. The fourth-order valence-corrected chi connectivity index (χ4v) is 7.08. The average molecular weight is 709 g/mol. The van der Waals surface area contributed by atoms with Gasteiger partial charge in [0.2, 0.25) is 0 Å². The van der Waals surface area contributed by atoms with Crippen LogP contribution in [0.15, 0.2) is 73.3 Å². The summed E-state index contributed by atoms with van der Waals surface area (Å²) in [5, 5.41) is 17.5. The van der Waals surface area contributed by atoms with Gasteiger partial charge in [0.25, 0.3) is 0 Å². The Bertz CT molecular complexity index is 2140. The number of anilines is 2. The minimum Gasteiger partial charge on any atom is -0.370 e. The Kier molecular flexibility index (Phi) is 10.9. The predicted molar refractivity (Wildman–Crippen MR) is 214 cm³/mol. The zero-order valence-electron chi connectivity index (χ0n) is 32.0. The number of hydrogen-bond acceptors (Lipinski definition) is 8. The van der Waals surface area contributed by atoms with E-state index in [1.54, 1.807) is 0 Å². The molecule has 2 N–H and O–H groups in total. The molecule has 6 heterocycles. The highest BCUT2D eigenvalue weighted by atomic mass is 15.3. The number of rotatable bonds is 16.